The highest BCUT2D eigenvalue weighted by molar-refractivity contribution is 5.85. The van der Waals surface area contributed by atoms with E-state index < -0.39 is 0 Å². The second-order valence-electron chi connectivity index (χ2n) is 12.3. The van der Waals surface area contributed by atoms with E-state index in [2.05, 4.69) is 69.8 Å². The number of rotatable bonds is 14. The molecule has 2 aromatic heterocycles. The van der Waals surface area contributed by atoms with E-state index in [0.717, 1.165) is 56.0 Å². The van der Waals surface area contributed by atoms with Gasteiger partial charge in [0.15, 0.2) is 11.6 Å². The lowest BCUT2D eigenvalue weighted by Crippen LogP contribution is -2.08. The Bertz CT molecular complexity index is 2050. The van der Waals surface area contributed by atoms with Crippen LogP contribution in [0.25, 0.3) is 22.1 Å². The van der Waals surface area contributed by atoms with Gasteiger partial charge in [0, 0.05) is 14.1 Å². The van der Waals surface area contributed by atoms with Gasteiger partial charge in [-0.3, -0.25) is 9.98 Å². The lowest BCUT2D eigenvalue weighted by atomic mass is 10.1. The van der Waals surface area contributed by atoms with Gasteiger partial charge in [0.2, 0.25) is 0 Å². The van der Waals surface area contributed by atoms with Gasteiger partial charge in [-0.2, -0.15) is 0 Å². The fourth-order valence-corrected chi connectivity index (χ4v) is 5.98. The van der Waals surface area contributed by atoms with Gasteiger partial charge in [0.05, 0.1) is 73.0 Å². The molecule has 7 rings (SSSR count). The quantitative estimate of drug-likeness (QED) is 0.110. The summed E-state index contributed by atoms with van der Waals surface area (Å²) in [5.41, 5.74) is 8.45. The molecule has 0 aliphatic heterocycles. The van der Waals surface area contributed by atoms with Gasteiger partial charge >= 0.3 is 0 Å². The Balaban J connectivity index is 0.950. The number of hydrogen-bond donors (Lipinski definition) is 0. The van der Waals surface area contributed by atoms with Crippen LogP contribution in [0.5, 0.6) is 0 Å². The number of hydrogen-bond acceptors (Lipinski definition) is 6. The highest BCUT2D eigenvalue weighted by Crippen LogP contribution is 2.22. The summed E-state index contributed by atoms with van der Waals surface area (Å²) in [5.74, 6) is 1.63. The zero-order valence-corrected chi connectivity index (χ0v) is 28.3. The minimum Gasteiger partial charge on any atom is -0.374 e. The average Bonchev–Trinajstić information content (AvgIpc) is 3.67. The summed E-state index contributed by atoms with van der Waals surface area (Å²) in [5, 5.41) is 0. The molecule has 50 heavy (non-hydrogen) atoms. The van der Waals surface area contributed by atoms with E-state index in [-0.39, 0.29) is 12.1 Å². The van der Waals surface area contributed by atoms with Crippen LogP contribution in [-0.4, -0.2) is 44.7 Å². The first kappa shape index (κ1) is 32.8. The van der Waals surface area contributed by atoms with Crippen LogP contribution in [0, 0.1) is 0 Å². The second kappa shape index (κ2) is 15.7. The lowest BCUT2D eigenvalue weighted by molar-refractivity contribution is 0.107. The van der Waals surface area contributed by atoms with Crippen molar-refractivity contribution < 1.29 is 9.47 Å². The Labute approximate surface area is 292 Å². The first-order valence-corrected chi connectivity index (χ1v) is 16.8. The van der Waals surface area contributed by atoms with Crippen LogP contribution in [0.15, 0.2) is 143 Å². The minimum absolute atomic E-state index is 0.152. The highest BCUT2D eigenvalue weighted by atomic mass is 16.5. The van der Waals surface area contributed by atoms with Gasteiger partial charge in [0.1, 0.15) is 0 Å². The number of para-hydroxylation sites is 4. The molecule has 0 radical (unpaired) electrons. The van der Waals surface area contributed by atoms with E-state index in [4.69, 9.17) is 29.4 Å². The summed E-state index contributed by atoms with van der Waals surface area (Å²) in [4.78, 5) is 19.3. The number of aliphatic imine (C=N–C) groups is 2. The largest absolute Gasteiger partial charge is 0.374 e. The number of aryl methyl sites for hydroxylation is 2. The molecule has 0 spiro atoms. The van der Waals surface area contributed by atoms with Crippen molar-refractivity contribution in [2.75, 3.05) is 13.2 Å². The third kappa shape index (κ3) is 7.78. The smallest absolute Gasteiger partial charge is 0.151 e. The summed E-state index contributed by atoms with van der Waals surface area (Å²) in [6.07, 6.45) is 3.70. The monoisotopic (exact) mass is 660 g/mol. The van der Waals surface area contributed by atoms with Crippen LogP contribution < -0.4 is 0 Å². The standard InChI is InChI=1S/C42H40N6O2/c1-47-39-19-11-9-17-35(39)45-41(47)25-43-37(33-13-5-3-6-14-33)29-49-27-31-21-23-32(24-22-31)28-50-30-38(34-15-7-4-8-16-34)44-26-42-46-36-18-10-12-20-40(36)48(42)2/h3-26,37-38H,27-30H2,1-2H3/t37-,38-/m0/s1. The van der Waals surface area contributed by atoms with Crippen molar-refractivity contribution in [1.82, 2.24) is 19.1 Å². The number of nitrogens with zero attached hydrogens (tertiary/aromatic N) is 6. The molecule has 0 aliphatic rings. The fraction of sp³-hybridized carbons (Fsp3) is 0.190. The van der Waals surface area contributed by atoms with Crippen LogP contribution in [0.1, 0.15) is 46.0 Å². The first-order chi connectivity index (χ1) is 24.6. The normalized spacial score (nSPS) is 13.2. The molecule has 0 N–H and O–H groups in total. The van der Waals surface area contributed by atoms with E-state index >= 15 is 0 Å². The van der Waals surface area contributed by atoms with Crippen molar-refractivity contribution in [3.63, 3.8) is 0 Å². The number of ether oxygens (including phenoxy) is 2. The molecule has 0 saturated heterocycles. The molecule has 2 heterocycles. The predicted octanol–water partition coefficient (Wildman–Crippen LogP) is 8.21. The molecule has 250 valence electrons. The minimum atomic E-state index is -0.152. The fourth-order valence-electron chi connectivity index (χ4n) is 5.98. The molecular formula is C42H40N6O2. The SMILES string of the molecule is Cn1c(C=N[C@@H](COCc2ccc(COC[C@H](N=Cc3nc4ccccc4n3C)c3ccccc3)cc2)c2ccccc2)nc2ccccc21. The van der Waals surface area contributed by atoms with Crippen molar-refractivity contribution in [3.05, 3.63) is 167 Å². The van der Waals surface area contributed by atoms with E-state index in [1.807, 2.05) is 99.3 Å². The van der Waals surface area contributed by atoms with Gasteiger partial charge in [-0.1, -0.05) is 109 Å². The van der Waals surface area contributed by atoms with Gasteiger partial charge in [-0.15, -0.1) is 0 Å². The zero-order chi connectivity index (χ0) is 34.1. The molecule has 0 fully saturated rings. The number of fused-ring (bicyclic) bond motifs is 2. The zero-order valence-electron chi connectivity index (χ0n) is 28.3. The third-order valence-electron chi connectivity index (χ3n) is 8.86. The Morgan fingerprint density at radius 3 is 1.30 bits per heavy atom. The van der Waals surface area contributed by atoms with E-state index in [1.54, 1.807) is 0 Å². The molecule has 0 unspecified atom stereocenters. The molecule has 0 amide bonds. The first-order valence-electron chi connectivity index (χ1n) is 16.8. The van der Waals surface area contributed by atoms with Crippen molar-refractivity contribution in [3.8, 4) is 0 Å². The molecule has 5 aromatic carbocycles. The maximum Gasteiger partial charge on any atom is 0.151 e. The summed E-state index contributed by atoms with van der Waals surface area (Å²) >= 11 is 0. The van der Waals surface area contributed by atoms with E-state index in [0.29, 0.717) is 26.4 Å². The summed E-state index contributed by atoms with van der Waals surface area (Å²) in [6.45, 7) is 1.87. The predicted molar refractivity (Wildman–Crippen MR) is 201 cm³/mol. The maximum absolute atomic E-state index is 6.21. The van der Waals surface area contributed by atoms with Gasteiger partial charge in [-0.25, -0.2) is 9.97 Å². The van der Waals surface area contributed by atoms with Crippen molar-refractivity contribution >= 4 is 34.5 Å². The Morgan fingerprint density at radius 2 is 0.900 bits per heavy atom. The van der Waals surface area contributed by atoms with Gasteiger partial charge < -0.3 is 18.6 Å². The molecule has 0 aliphatic carbocycles. The summed E-state index contributed by atoms with van der Waals surface area (Å²) in [7, 11) is 4.03. The number of benzene rings is 5. The van der Waals surface area contributed by atoms with Crippen molar-refractivity contribution in [2.24, 2.45) is 24.1 Å². The van der Waals surface area contributed by atoms with Crippen molar-refractivity contribution in [1.29, 1.82) is 0 Å². The topological polar surface area (TPSA) is 78.8 Å². The molecule has 7 aromatic rings. The molecule has 0 saturated carbocycles. The maximum atomic E-state index is 6.21. The molecule has 2 atom stereocenters. The molecule has 8 nitrogen and oxygen atoms in total. The molecule has 0 bridgehead atoms. The molecule has 8 heteroatoms. The Morgan fingerprint density at radius 1 is 0.520 bits per heavy atom. The third-order valence-corrected chi connectivity index (χ3v) is 8.86. The number of aromatic nitrogens is 4. The average molecular weight is 661 g/mol. The lowest BCUT2D eigenvalue weighted by Gasteiger charge is -2.15. The van der Waals surface area contributed by atoms with Crippen molar-refractivity contribution in [2.45, 2.75) is 25.3 Å². The van der Waals surface area contributed by atoms with Crippen LogP contribution in [0.2, 0.25) is 0 Å². The van der Waals surface area contributed by atoms with Gasteiger partial charge in [0.25, 0.3) is 0 Å². The summed E-state index contributed by atoms with van der Waals surface area (Å²) < 4.78 is 16.5. The van der Waals surface area contributed by atoms with Crippen LogP contribution in [0.4, 0.5) is 0 Å². The number of imidazole rings is 2. The Hall–Kier alpha value is -5.70. The van der Waals surface area contributed by atoms with E-state index in [1.165, 1.54) is 0 Å². The Kier molecular flexibility index (Phi) is 10.3. The van der Waals surface area contributed by atoms with Crippen LogP contribution in [0.3, 0.4) is 0 Å². The summed E-state index contributed by atoms with van der Waals surface area (Å²) in [6, 6.07) is 44.8. The second-order valence-corrected chi connectivity index (χ2v) is 12.3. The van der Waals surface area contributed by atoms with Crippen LogP contribution in [-0.2, 0) is 36.8 Å². The highest BCUT2D eigenvalue weighted by Gasteiger charge is 2.13. The van der Waals surface area contributed by atoms with Crippen LogP contribution >= 0.6 is 0 Å². The van der Waals surface area contributed by atoms with E-state index in [9.17, 15) is 0 Å². The molecular weight excluding hydrogens is 621 g/mol. The van der Waals surface area contributed by atoms with Gasteiger partial charge in [-0.05, 0) is 46.5 Å².